The molecule has 0 saturated carbocycles. The van der Waals surface area contributed by atoms with Crippen molar-refractivity contribution in [3.63, 3.8) is 0 Å². The highest BCUT2D eigenvalue weighted by Crippen LogP contribution is 2.32. The lowest BCUT2D eigenvalue weighted by Gasteiger charge is -2.32. The molecule has 2 heterocycles. The maximum atomic E-state index is 12.7. The number of carbonyl (C=O) groups is 1. The largest absolute Gasteiger partial charge is 0.496 e. The summed E-state index contributed by atoms with van der Waals surface area (Å²) in [4.78, 5) is 17.0. The molecule has 102 valence electrons. The molecule has 0 spiro atoms. The fraction of sp³-hybridized carbons (Fsp3) is 0.533. The van der Waals surface area contributed by atoms with Crippen LogP contribution in [-0.4, -0.2) is 55.0 Å². The molecule has 4 heteroatoms. The summed E-state index contributed by atoms with van der Waals surface area (Å²) in [6, 6.07) is 6.68. The first-order valence-corrected chi connectivity index (χ1v) is 6.76. The minimum Gasteiger partial charge on any atom is -0.496 e. The zero-order valence-corrected chi connectivity index (χ0v) is 11.7. The number of hydrogen-bond donors (Lipinski definition) is 0. The van der Waals surface area contributed by atoms with Crippen LogP contribution in [0.15, 0.2) is 18.2 Å². The molecule has 0 unspecified atom stereocenters. The molecule has 2 aliphatic heterocycles. The maximum Gasteiger partial charge on any atom is 0.257 e. The van der Waals surface area contributed by atoms with Crippen LogP contribution in [0.3, 0.4) is 0 Å². The number of rotatable bonds is 2. The fourth-order valence-corrected chi connectivity index (χ4v) is 3.24. The van der Waals surface area contributed by atoms with Crippen molar-refractivity contribution in [2.75, 3.05) is 27.2 Å². The van der Waals surface area contributed by atoms with Crippen molar-refractivity contribution in [3.8, 4) is 5.75 Å². The number of likely N-dealkylation sites (N-methyl/N-ethyl adjacent to an activating group) is 1. The quantitative estimate of drug-likeness (QED) is 0.808. The predicted octanol–water partition coefficient (Wildman–Crippen LogP) is 1.53. The highest BCUT2D eigenvalue weighted by Gasteiger charge is 2.44. The summed E-state index contributed by atoms with van der Waals surface area (Å²) in [6.45, 7) is 3.84. The monoisotopic (exact) mass is 260 g/mol. The molecule has 0 N–H and O–H groups in total. The van der Waals surface area contributed by atoms with Crippen LogP contribution in [0.1, 0.15) is 22.3 Å². The van der Waals surface area contributed by atoms with Gasteiger partial charge in [-0.1, -0.05) is 6.07 Å². The number of benzene rings is 1. The molecule has 19 heavy (non-hydrogen) atoms. The van der Waals surface area contributed by atoms with Crippen LogP contribution >= 0.6 is 0 Å². The van der Waals surface area contributed by atoms with Crippen LogP contribution in [0.5, 0.6) is 5.75 Å². The molecule has 0 radical (unpaired) electrons. The number of fused-ring (bicyclic) bond motifs is 2. The molecule has 4 nitrogen and oxygen atoms in total. The van der Waals surface area contributed by atoms with Crippen LogP contribution in [-0.2, 0) is 0 Å². The van der Waals surface area contributed by atoms with Gasteiger partial charge in [0.15, 0.2) is 0 Å². The number of amides is 1. The van der Waals surface area contributed by atoms with Crippen LogP contribution in [0.4, 0.5) is 0 Å². The van der Waals surface area contributed by atoms with Crippen LogP contribution in [0, 0.1) is 6.92 Å². The first-order chi connectivity index (χ1) is 9.10. The molecule has 0 aromatic heterocycles. The van der Waals surface area contributed by atoms with E-state index in [4.69, 9.17) is 4.74 Å². The Bertz CT molecular complexity index is 513. The summed E-state index contributed by atoms with van der Waals surface area (Å²) >= 11 is 0. The van der Waals surface area contributed by atoms with E-state index in [-0.39, 0.29) is 5.91 Å². The van der Waals surface area contributed by atoms with Crippen molar-refractivity contribution in [2.24, 2.45) is 0 Å². The third-order valence-electron chi connectivity index (χ3n) is 4.36. The molecule has 1 aromatic rings. The third kappa shape index (κ3) is 2.00. The molecule has 0 aliphatic carbocycles. The van der Waals surface area contributed by atoms with Gasteiger partial charge in [0.2, 0.25) is 0 Å². The van der Waals surface area contributed by atoms with E-state index in [1.165, 1.54) is 0 Å². The molecular formula is C15H20N2O2. The lowest BCUT2D eigenvalue weighted by molar-refractivity contribution is 0.0647. The van der Waals surface area contributed by atoms with Gasteiger partial charge in [0.05, 0.1) is 12.7 Å². The maximum absolute atomic E-state index is 12.7. The second-order valence-corrected chi connectivity index (χ2v) is 5.64. The van der Waals surface area contributed by atoms with E-state index in [2.05, 4.69) is 11.9 Å². The van der Waals surface area contributed by atoms with Gasteiger partial charge in [-0.3, -0.25) is 9.69 Å². The molecule has 1 aromatic carbocycles. The van der Waals surface area contributed by atoms with Crippen LogP contribution in [0.2, 0.25) is 0 Å². The summed E-state index contributed by atoms with van der Waals surface area (Å²) in [5.74, 6) is 0.790. The zero-order valence-electron chi connectivity index (χ0n) is 11.7. The number of methoxy groups -OCH3 is 1. The predicted molar refractivity (Wildman–Crippen MR) is 73.6 cm³/mol. The standard InChI is InChI=1S/C15H20N2O2/c1-10-4-5-13(14(6-10)19-3)15(18)17-9-11-7-12(17)8-16(11)2/h4-6,11-12H,7-9H2,1-3H3/t11-,12-/m0/s1. The van der Waals surface area contributed by atoms with Crippen molar-refractivity contribution in [2.45, 2.75) is 25.4 Å². The average molecular weight is 260 g/mol. The lowest BCUT2D eigenvalue weighted by atomic mass is 10.1. The van der Waals surface area contributed by atoms with Gasteiger partial charge in [0, 0.05) is 25.2 Å². The summed E-state index contributed by atoms with van der Waals surface area (Å²) < 4.78 is 5.35. The minimum absolute atomic E-state index is 0.109. The smallest absolute Gasteiger partial charge is 0.257 e. The van der Waals surface area contributed by atoms with E-state index < -0.39 is 0 Å². The number of aryl methyl sites for hydroxylation is 1. The summed E-state index contributed by atoms with van der Waals surface area (Å²) in [7, 11) is 3.76. The summed E-state index contributed by atoms with van der Waals surface area (Å²) in [5, 5.41) is 0. The molecule has 2 atom stereocenters. The van der Waals surface area contributed by atoms with Crippen molar-refractivity contribution in [1.29, 1.82) is 0 Å². The van der Waals surface area contributed by atoms with Crippen LogP contribution in [0.25, 0.3) is 0 Å². The Morgan fingerprint density at radius 3 is 2.68 bits per heavy atom. The van der Waals surface area contributed by atoms with Gasteiger partial charge in [0.25, 0.3) is 5.91 Å². The van der Waals surface area contributed by atoms with E-state index in [0.29, 0.717) is 23.4 Å². The van der Waals surface area contributed by atoms with Crippen LogP contribution < -0.4 is 4.74 Å². The Morgan fingerprint density at radius 1 is 1.32 bits per heavy atom. The number of piperazine rings is 1. The number of hydrogen-bond acceptors (Lipinski definition) is 3. The Kier molecular flexibility index (Phi) is 2.97. The van der Waals surface area contributed by atoms with Gasteiger partial charge >= 0.3 is 0 Å². The van der Waals surface area contributed by atoms with Gasteiger partial charge in [-0.15, -0.1) is 0 Å². The lowest BCUT2D eigenvalue weighted by Crippen LogP contribution is -2.47. The first kappa shape index (κ1) is 12.5. The van der Waals surface area contributed by atoms with E-state index in [0.717, 1.165) is 25.1 Å². The number of nitrogens with zero attached hydrogens (tertiary/aromatic N) is 2. The number of carbonyl (C=O) groups excluding carboxylic acids is 1. The second kappa shape index (κ2) is 4.53. The Hall–Kier alpha value is -1.55. The van der Waals surface area contributed by atoms with Crippen molar-refractivity contribution < 1.29 is 9.53 Å². The SMILES string of the molecule is COc1cc(C)ccc1C(=O)N1C[C@@H]2C[C@H]1CN2C. The Labute approximate surface area is 113 Å². The molecule has 2 bridgehead atoms. The van der Waals surface area contributed by atoms with E-state index in [1.807, 2.05) is 30.0 Å². The van der Waals surface area contributed by atoms with Gasteiger partial charge < -0.3 is 9.64 Å². The normalized spacial score (nSPS) is 25.9. The molecule has 2 aliphatic rings. The third-order valence-corrected chi connectivity index (χ3v) is 4.36. The minimum atomic E-state index is 0.109. The average Bonchev–Trinajstić information content (AvgIpc) is 2.96. The Balaban J connectivity index is 1.85. The van der Waals surface area contributed by atoms with Crippen molar-refractivity contribution >= 4 is 5.91 Å². The number of ether oxygens (including phenoxy) is 1. The molecule has 2 saturated heterocycles. The van der Waals surface area contributed by atoms with Gasteiger partial charge in [-0.25, -0.2) is 0 Å². The summed E-state index contributed by atoms with van der Waals surface area (Å²) in [5.41, 5.74) is 1.79. The van der Waals surface area contributed by atoms with Gasteiger partial charge in [-0.05, 0) is 38.1 Å². The first-order valence-electron chi connectivity index (χ1n) is 6.76. The number of likely N-dealkylation sites (tertiary alicyclic amines) is 2. The highest BCUT2D eigenvalue weighted by atomic mass is 16.5. The second-order valence-electron chi connectivity index (χ2n) is 5.64. The summed E-state index contributed by atoms with van der Waals surface area (Å²) in [6.07, 6.45) is 1.11. The van der Waals surface area contributed by atoms with Gasteiger partial charge in [-0.2, -0.15) is 0 Å². The Morgan fingerprint density at radius 2 is 2.11 bits per heavy atom. The topological polar surface area (TPSA) is 32.8 Å². The van der Waals surface area contributed by atoms with E-state index >= 15 is 0 Å². The van der Waals surface area contributed by atoms with Gasteiger partial charge in [0.1, 0.15) is 5.75 Å². The highest BCUT2D eigenvalue weighted by molar-refractivity contribution is 5.97. The van der Waals surface area contributed by atoms with E-state index in [1.54, 1.807) is 7.11 Å². The molecule has 3 rings (SSSR count). The molecule has 2 fully saturated rings. The zero-order chi connectivity index (χ0) is 13.6. The van der Waals surface area contributed by atoms with Crippen molar-refractivity contribution in [3.05, 3.63) is 29.3 Å². The van der Waals surface area contributed by atoms with E-state index in [9.17, 15) is 4.79 Å². The molecule has 1 amide bonds. The fourth-order valence-electron chi connectivity index (χ4n) is 3.24. The van der Waals surface area contributed by atoms with Crippen molar-refractivity contribution in [1.82, 2.24) is 9.80 Å². The molecular weight excluding hydrogens is 240 g/mol.